The maximum atomic E-state index is 10.6. The number of nitrogens with zero attached hydrogens (tertiary/aromatic N) is 1. The van der Waals surface area contributed by atoms with Gasteiger partial charge in [0, 0.05) is 27.4 Å². The number of nitrogens with two attached hydrogens (primary N) is 1. The molecule has 0 spiro atoms. The Morgan fingerprint density at radius 3 is 2.47 bits per heavy atom. The Morgan fingerprint density at radius 1 is 1.32 bits per heavy atom. The van der Waals surface area contributed by atoms with Crippen molar-refractivity contribution in [2.75, 3.05) is 5.73 Å². The molecular formula is C13H10Cl2N2O2. The molecule has 6 heteroatoms. The van der Waals surface area contributed by atoms with Gasteiger partial charge in [0.05, 0.1) is 17.8 Å². The third-order valence-electron chi connectivity index (χ3n) is 2.57. The van der Waals surface area contributed by atoms with Crippen LogP contribution in [0, 0.1) is 0 Å². The Bertz CT molecular complexity index is 624. The molecule has 1 aromatic heterocycles. The summed E-state index contributed by atoms with van der Waals surface area (Å²) >= 11 is 12.2. The first-order valence-corrected chi connectivity index (χ1v) is 6.15. The number of carboxylic acid groups (broad SMARTS) is 1. The van der Waals surface area contributed by atoms with E-state index < -0.39 is 5.97 Å². The first-order chi connectivity index (χ1) is 8.99. The van der Waals surface area contributed by atoms with Crippen molar-refractivity contribution in [1.82, 2.24) is 4.98 Å². The molecule has 0 fully saturated rings. The summed E-state index contributed by atoms with van der Waals surface area (Å²) in [6.45, 7) is 0. The van der Waals surface area contributed by atoms with Crippen molar-refractivity contribution in [2.45, 2.75) is 6.42 Å². The fraction of sp³-hybridized carbons (Fsp3) is 0.0769. The monoisotopic (exact) mass is 296 g/mol. The Kier molecular flexibility index (Phi) is 3.93. The van der Waals surface area contributed by atoms with E-state index in [0.29, 0.717) is 32.6 Å². The third kappa shape index (κ3) is 2.97. The molecule has 0 atom stereocenters. The lowest BCUT2D eigenvalue weighted by molar-refractivity contribution is -0.136. The fourth-order valence-corrected chi connectivity index (χ4v) is 2.33. The molecular weight excluding hydrogens is 287 g/mol. The smallest absolute Gasteiger partial charge is 0.309 e. The maximum Gasteiger partial charge on any atom is 0.309 e. The first-order valence-electron chi connectivity index (χ1n) is 5.39. The van der Waals surface area contributed by atoms with Gasteiger partial charge in [-0.05, 0) is 18.2 Å². The molecule has 19 heavy (non-hydrogen) atoms. The second-order valence-corrected chi connectivity index (χ2v) is 4.74. The standard InChI is InChI=1S/C13H10Cl2N2O2/c14-8-2-1-3-9(15)13(8)7-4-10(16)11(17-6-7)5-12(18)19/h1-4,6H,5,16H2,(H,18,19). The summed E-state index contributed by atoms with van der Waals surface area (Å²) in [6.07, 6.45) is 1.30. The van der Waals surface area contributed by atoms with Gasteiger partial charge in [-0.25, -0.2) is 0 Å². The zero-order valence-electron chi connectivity index (χ0n) is 9.73. The third-order valence-corrected chi connectivity index (χ3v) is 3.20. The Labute approximate surface area is 119 Å². The minimum Gasteiger partial charge on any atom is -0.481 e. The van der Waals surface area contributed by atoms with Crippen LogP contribution in [0.2, 0.25) is 10.0 Å². The number of carboxylic acids is 1. The summed E-state index contributed by atoms with van der Waals surface area (Å²) in [5.41, 5.74) is 7.70. The fourth-order valence-electron chi connectivity index (χ4n) is 1.71. The SMILES string of the molecule is Nc1cc(-c2c(Cl)cccc2Cl)cnc1CC(=O)O. The van der Waals surface area contributed by atoms with Crippen LogP contribution in [0.3, 0.4) is 0 Å². The first kappa shape index (κ1) is 13.6. The van der Waals surface area contributed by atoms with Gasteiger partial charge in [-0.2, -0.15) is 0 Å². The lowest BCUT2D eigenvalue weighted by Crippen LogP contribution is -2.06. The Balaban J connectivity index is 2.48. The van der Waals surface area contributed by atoms with Gasteiger partial charge in [-0.1, -0.05) is 29.3 Å². The molecule has 0 saturated carbocycles. The molecule has 0 aliphatic rings. The van der Waals surface area contributed by atoms with Crippen LogP contribution in [0.1, 0.15) is 5.69 Å². The number of hydrogen-bond acceptors (Lipinski definition) is 3. The number of carbonyl (C=O) groups is 1. The number of hydrogen-bond donors (Lipinski definition) is 2. The van der Waals surface area contributed by atoms with Crippen molar-refractivity contribution < 1.29 is 9.90 Å². The average Bonchev–Trinajstić information content (AvgIpc) is 2.32. The summed E-state index contributed by atoms with van der Waals surface area (Å²) in [5.74, 6) is -0.984. The molecule has 0 unspecified atom stereocenters. The topological polar surface area (TPSA) is 76.2 Å². The van der Waals surface area contributed by atoms with E-state index in [4.69, 9.17) is 34.0 Å². The molecule has 0 radical (unpaired) electrons. The van der Waals surface area contributed by atoms with E-state index in [1.54, 1.807) is 24.3 Å². The van der Waals surface area contributed by atoms with Gasteiger partial charge in [-0.15, -0.1) is 0 Å². The lowest BCUT2D eigenvalue weighted by Gasteiger charge is -2.09. The molecule has 1 heterocycles. The second-order valence-electron chi connectivity index (χ2n) is 3.93. The van der Waals surface area contributed by atoms with Crippen molar-refractivity contribution in [2.24, 2.45) is 0 Å². The number of nitrogen functional groups attached to an aromatic ring is 1. The van der Waals surface area contributed by atoms with E-state index in [1.807, 2.05) is 0 Å². The minimum absolute atomic E-state index is 0.220. The van der Waals surface area contributed by atoms with Crippen LogP contribution in [-0.2, 0) is 11.2 Å². The molecule has 98 valence electrons. The zero-order valence-corrected chi connectivity index (χ0v) is 11.2. The highest BCUT2D eigenvalue weighted by Crippen LogP contribution is 2.35. The quantitative estimate of drug-likeness (QED) is 0.911. The van der Waals surface area contributed by atoms with E-state index in [-0.39, 0.29) is 6.42 Å². The van der Waals surface area contributed by atoms with Crippen molar-refractivity contribution in [1.29, 1.82) is 0 Å². The number of pyridine rings is 1. The van der Waals surface area contributed by atoms with Gasteiger partial charge < -0.3 is 10.8 Å². The van der Waals surface area contributed by atoms with E-state index >= 15 is 0 Å². The summed E-state index contributed by atoms with van der Waals surface area (Å²) < 4.78 is 0. The highest BCUT2D eigenvalue weighted by atomic mass is 35.5. The molecule has 0 saturated heterocycles. The largest absolute Gasteiger partial charge is 0.481 e. The molecule has 3 N–H and O–H groups in total. The van der Waals surface area contributed by atoms with Gasteiger partial charge in [0.25, 0.3) is 0 Å². The summed E-state index contributed by atoms with van der Waals surface area (Å²) in [4.78, 5) is 14.7. The molecule has 0 aliphatic carbocycles. The molecule has 0 amide bonds. The van der Waals surface area contributed by atoms with E-state index in [0.717, 1.165) is 0 Å². The van der Waals surface area contributed by atoms with E-state index in [1.165, 1.54) is 6.20 Å². The number of rotatable bonds is 3. The summed E-state index contributed by atoms with van der Waals surface area (Å²) in [7, 11) is 0. The minimum atomic E-state index is -0.984. The van der Waals surface area contributed by atoms with Crippen LogP contribution in [0.4, 0.5) is 5.69 Å². The Hall–Kier alpha value is -1.78. The van der Waals surface area contributed by atoms with Crippen LogP contribution in [-0.4, -0.2) is 16.1 Å². The average molecular weight is 297 g/mol. The van der Waals surface area contributed by atoms with Crippen LogP contribution >= 0.6 is 23.2 Å². The molecule has 0 aliphatic heterocycles. The van der Waals surface area contributed by atoms with Gasteiger partial charge in [0.15, 0.2) is 0 Å². The number of halogens is 2. The molecule has 0 bridgehead atoms. The predicted molar refractivity (Wildman–Crippen MR) is 75.4 cm³/mol. The molecule has 1 aromatic carbocycles. The highest BCUT2D eigenvalue weighted by Gasteiger charge is 2.12. The van der Waals surface area contributed by atoms with Crippen LogP contribution < -0.4 is 5.73 Å². The van der Waals surface area contributed by atoms with Gasteiger partial charge in [-0.3, -0.25) is 9.78 Å². The highest BCUT2D eigenvalue weighted by molar-refractivity contribution is 6.39. The maximum absolute atomic E-state index is 10.6. The van der Waals surface area contributed by atoms with E-state index in [9.17, 15) is 4.79 Å². The van der Waals surface area contributed by atoms with Gasteiger partial charge in [0.2, 0.25) is 0 Å². The summed E-state index contributed by atoms with van der Waals surface area (Å²) in [6, 6.07) is 6.79. The van der Waals surface area contributed by atoms with Crippen molar-refractivity contribution in [3.63, 3.8) is 0 Å². The van der Waals surface area contributed by atoms with Crippen molar-refractivity contribution >= 4 is 34.9 Å². The summed E-state index contributed by atoms with van der Waals surface area (Å²) in [5, 5.41) is 9.70. The Morgan fingerprint density at radius 2 is 1.95 bits per heavy atom. The number of aromatic nitrogens is 1. The van der Waals surface area contributed by atoms with Gasteiger partial charge >= 0.3 is 5.97 Å². The van der Waals surface area contributed by atoms with Crippen LogP contribution in [0.25, 0.3) is 11.1 Å². The molecule has 2 aromatic rings. The second kappa shape index (κ2) is 5.47. The number of benzene rings is 1. The lowest BCUT2D eigenvalue weighted by atomic mass is 10.1. The van der Waals surface area contributed by atoms with Crippen molar-refractivity contribution in [3.8, 4) is 11.1 Å². The number of anilines is 1. The van der Waals surface area contributed by atoms with E-state index in [2.05, 4.69) is 4.98 Å². The number of aliphatic carboxylic acids is 1. The molecule has 2 rings (SSSR count). The van der Waals surface area contributed by atoms with Crippen LogP contribution in [0.5, 0.6) is 0 Å². The van der Waals surface area contributed by atoms with Gasteiger partial charge in [0.1, 0.15) is 0 Å². The molecule has 4 nitrogen and oxygen atoms in total. The van der Waals surface area contributed by atoms with Crippen molar-refractivity contribution in [3.05, 3.63) is 46.2 Å². The normalized spacial score (nSPS) is 10.4. The zero-order chi connectivity index (χ0) is 14.0. The van der Waals surface area contributed by atoms with Crippen LogP contribution in [0.15, 0.2) is 30.5 Å². The predicted octanol–water partition coefficient (Wildman–Crippen LogP) is 3.26.